The molecule has 0 aliphatic heterocycles. The summed E-state index contributed by atoms with van der Waals surface area (Å²) in [4.78, 5) is 19.3. The lowest BCUT2D eigenvalue weighted by Gasteiger charge is -1.86. The van der Waals surface area contributed by atoms with Gasteiger partial charge in [-0.25, -0.2) is 0 Å². The van der Waals surface area contributed by atoms with Gasteiger partial charge in [-0.3, -0.25) is 9.59 Å². The first-order valence-corrected chi connectivity index (χ1v) is 4.68. The van der Waals surface area contributed by atoms with Crippen LogP contribution < -0.4 is 5.73 Å². The van der Waals surface area contributed by atoms with Gasteiger partial charge in [-0.15, -0.1) is 0 Å². The second-order valence-corrected chi connectivity index (χ2v) is 2.78. The minimum absolute atomic E-state index is 0.296. The summed E-state index contributed by atoms with van der Waals surface area (Å²) in [5.41, 5.74) is 5.21. The van der Waals surface area contributed by atoms with Gasteiger partial charge in [0, 0.05) is 0 Å². The smallest absolute Gasteiger partial charge is 0.303 e. The maximum Gasteiger partial charge on any atom is 0.303 e. The molecule has 0 unspecified atom stereocenters. The minimum atomic E-state index is -1.08. The monoisotopic (exact) mass is 205 g/mol. The third-order valence-electron chi connectivity index (χ3n) is 1.36. The molecular formula is C9H19NO4. The molecule has 0 spiro atoms. The van der Waals surface area contributed by atoms with Crippen molar-refractivity contribution in [3.8, 4) is 0 Å². The van der Waals surface area contributed by atoms with Crippen LogP contribution >= 0.6 is 0 Å². The van der Waals surface area contributed by atoms with Crippen LogP contribution in [0.25, 0.3) is 0 Å². The van der Waals surface area contributed by atoms with Gasteiger partial charge in [0.2, 0.25) is 0 Å². The fraction of sp³-hybridized carbons (Fsp3) is 0.778. The summed E-state index contributed by atoms with van der Waals surface area (Å²) in [7, 11) is 0. The summed E-state index contributed by atoms with van der Waals surface area (Å²) in [5, 5.41) is 15.8. The Bertz CT molecular complexity index is 141. The van der Waals surface area contributed by atoms with Crippen molar-refractivity contribution in [1.82, 2.24) is 0 Å². The van der Waals surface area contributed by atoms with E-state index >= 15 is 0 Å². The molecule has 0 amide bonds. The van der Waals surface area contributed by atoms with Crippen molar-refractivity contribution in [1.29, 1.82) is 0 Å². The fourth-order valence-corrected chi connectivity index (χ4v) is 0.608. The predicted octanol–water partition coefficient (Wildman–Crippen LogP) is 1.07. The molecule has 0 rings (SSSR count). The second kappa shape index (κ2) is 11.9. The van der Waals surface area contributed by atoms with Crippen molar-refractivity contribution in [2.24, 2.45) is 5.73 Å². The molecule has 14 heavy (non-hydrogen) atoms. The second-order valence-electron chi connectivity index (χ2n) is 2.78. The standard InChI is InChI=1S/C5H13N.C4H6O4/c1-2-3-4-5-6;5-3(6)1-2-4(7)8/h2-6H2,1H3;1-2H2,(H,5,6)(H,7,8). The van der Waals surface area contributed by atoms with Gasteiger partial charge >= 0.3 is 11.9 Å². The van der Waals surface area contributed by atoms with E-state index in [-0.39, 0.29) is 12.8 Å². The molecule has 0 aliphatic carbocycles. The highest BCUT2D eigenvalue weighted by Gasteiger charge is 2.00. The number of hydrogen-bond donors (Lipinski definition) is 3. The summed E-state index contributed by atoms with van der Waals surface area (Å²) >= 11 is 0. The molecule has 0 saturated carbocycles. The van der Waals surface area contributed by atoms with Crippen LogP contribution in [-0.2, 0) is 9.59 Å². The van der Waals surface area contributed by atoms with Gasteiger partial charge < -0.3 is 15.9 Å². The van der Waals surface area contributed by atoms with E-state index in [0.29, 0.717) is 0 Å². The number of carboxylic acids is 2. The number of aliphatic carboxylic acids is 2. The summed E-state index contributed by atoms with van der Waals surface area (Å²) < 4.78 is 0. The van der Waals surface area contributed by atoms with Crippen LogP contribution in [0.2, 0.25) is 0 Å². The molecule has 0 radical (unpaired) electrons. The summed E-state index contributed by atoms with van der Waals surface area (Å²) in [5.74, 6) is -2.15. The van der Waals surface area contributed by atoms with Crippen molar-refractivity contribution in [3.63, 3.8) is 0 Å². The molecule has 0 aromatic carbocycles. The minimum Gasteiger partial charge on any atom is -0.481 e. The Labute approximate surface area is 83.9 Å². The molecule has 0 atom stereocenters. The number of carboxylic acid groups (broad SMARTS) is 2. The first-order chi connectivity index (χ1) is 6.54. The normalized spacial score (nSPS) is 8.71. The van der Waals surface area contributed by atoms with Crippen LogP contribution in [0, 0.1) is 0 Å². The van der Waals surface area contributed by atoms with Gasteiger partial charge in [0.15, 0.2) is 0 Å². The number of unbranched alkanes of at least 4 members (excludes halogenated alkanes) is 2. The molecular weight excluding hydrogens is 186 g/mol. The zero-order valence-electron chi connectivity index (χ0n) is 8.53. The van der Waals surface area contributed by atoms with Gasteiger partial charge in [0.25, 0.3) is 0 Å². The van der Waals surface area contributed by atoms with Crippen molar-refractivity contribution in [2.45, 2.75) is 39.0 Å². The van der Waals surface area contributed by atoms with E-state index < -0.39 is 11.9 Å². The van der Waals surface area contributed by atoms with E-state index in [2.05, 4.69) is 6.92 Å². The van der Waals surface area contributed by atoms with Crippen LogP contribution in [0.3, 0.4) is 0 Å². The molecule has 5 heteroatoms. The van der Waals surface area contributed by atoms with Gasteiger partial charge in [-0.05, 0) is 13.0 Å². The Morgan fingerprint density at radius 1 is 1.07 bits per heavy atom. The first-order valence-electron chi connectivity index (χ1n) is 4.68. The average molecular weight is 205 g/mol. The van der Waals surface area contributed by atoms with Gasteiger partial charge in [0.05, 0.1) is 12.8 Å². The SMILES string of the molecule is CCCCCN.O=C(O)CCC(=O)O. The Balaban J connectivity index is 0. The Kier molecular flexibility index (Phi) is 13.1. The Morgan fingerprint density at radius 3 is 1.64 bits per heavy atom. The molecule has 0 heterocycles. The van der Waals surface area contributed by atoms with E-state index in [9.17, 15) is 9.59 Å². The molecule has 0 aliphatic rings. The molecule has 0 fully saturated rings. The summed E-state index contributed by atoms with van der Waals surface area (Å²) in [6.45, 7) is 3.03. The highest BCUT2D eigenvalue weighted by atomic mass is 16.4. The van der Waals surface area contributed by atoms with Gasteiger partial charge in [-0.2, -0.15) is 0 Å². The number of hydrogen-bond acceptors (Lipinski definition) is 3. The van der Waals surface area contributed by atoms with Gasteiger partial charge in [0.1, 0.15) is 0 Å². The number of nitrogens with two attached hydrogens (primary N) is 1. The van der Waals surface area contributed by atoms with Gasteiger partial charge in [-0.1, -0.05) is 19.8 Å². The molecule has 4 N–H and O–H groups in total. The van der Waals surface area contributed by atoms with Crippen molar-refractivity contribution in [2.75, 3.05) is 6.54 Å². The third-order valence-corrected chi connectivity index (χ3v) is 1.36. The highest BCUT2D eigenvalue weighted by molar-refractivity contribution is 5.75. The van der Waals surface area contributed by atoms with Crippen LogP contribution in [-0.4, -0.2) is 28.7 Å². The quantitative estimate of drug-likeness (QED) is 0.563. The zero-order valence-corrected chi connectivity index (χ0v) is 8.53. The van der Waals surface area contributed by atoms with Crippen molar-refractivity contribution in [3.05, 3.63) is 0 Å². The van der Waals surface area contributed by atoms with E-state index in [0.717, 1.165) is 6.54 Å². The lowest BCUT2D eigenvalue weighted by atomic mass is 10.3. The molecule has 0 bridgehead atoms. The first kappa shape index (κ1) is 15.4. The summed E-state index contributed by atoms with van der Waals surface area (Å²) in [6, 6.07) is 0. The molecule has 0 saturated heterocycles. The van der Waals surface area contributed by atoms with Crippen LogP contribution in [0.4, 0.5) is 0 Å². The largest absolute Gasteiger partial charge is 0.481 e. The molecule has 5 nitrogen and oxygen atoms in total. The maximum absolute atomic E-state index is 9.64. The topological polar surface area (TPSA) is 101 Å². The molecule has 0 aromatic heterocycles. The zero-order chi connectivity index (χ0) is 11.4. The average Bonchev–Trinajstić information content (AvgIpc) is 2.12. The Hall–Kier alpha value is -1.10. The number of carbonyl (C=O) groups is 2. The predicted molar refractivity (Wildman–Crippen MR) is 53.1 cm³/mol. The fourth-order valence-electron chi connectivity index (χ4n) is 0.608. The lowest BCUT2D eigenvalue weighted by molar-refractivity contribution is -0.143. The van der Waals surface area contributed by atoms with E-state index in [1.54, 1.807) is 0 Å². The van der Waals surface area contributed by atoms with Crippen LogP contribution in [0.5, 0.6) is 0 Å². The molecule has 84 valence electrons. The highest BCUT2D eigenvalue weighted by Crippen LogP contribution is 1.88. The summed E-state index contributed by atoms with van der Waals surface area (Å²) in [6.07, 6.45) is 3.16. The van der Waals surface area contributed by atoms with E-state index in [1.807, 2.05) is 0 Å². The third kappa shape index (κ3) is 22.4. The van der Waals surface area contributed by atoms with E-state index in [4.69, 9.17) is 15.9 Å². The molecule has 0 aromatic rings. The van der Waals surface area contributed by atoms with E-state index in [1.165, 1.54) is 19.3 Å². The Morgan fingerprint density at radius 2 is 1.50 bits per heavy atom. The van der Waals surface area contributed by atoms with Crippen LogP contribution in [0.1, 0.15) is 39.0 Å². The maximum atomic E-state index is 9.64. The lowest BCUT2D eigenvalue weighted by Crippen LogP contribution is -2.00. The van der Waals surface area contributed by atoms with Crippen LogP contribution in [0.15, 0.2) is 0 Å². The van der Waals surface area contributed by atoms with Crippen molar-refractivity contribution >= 4 is 11.9 Å². The number of rotatable bonds is 6. The van der Waals surface area contributed by atoms with Crippen molar-refractivity contribution < 1.29 is 19.8 Å².